The number of imidazole rings is 1. The van der Waals surface area contributed by atoms with Crippen molar-refractivity contribution in [3.8, 4) is 5.69 Å². The zero-order valence-corrected chi connectivity index (χ0v) is 15.7. The molecule has 1 aliphatic carbocycles. The third-order valence-corrected chi connectivity index (χ3v) is 5.56. The molecule has 0 spiro atoms. The van der Waals surface area contributed by atoms with Gasteiger partial charge in [-0.2, -0.15) is 0 Å². The summed E-state index contributed by atoms with van der Waals surface area (Å²) in [5.74, 6) is 1.16. The van der Waals surface area contributed by atoms with Crippen molar-refractivity contribution in [1.82, 2.24) is 19.1 Å². The molecule has 0 bridgehead atoms. The van der Waals surface area contributed by atoms with E-state index in [1.54, 1.807) is 10.9 Å². The van der Waals surface area contributed by atoms with Gasteiger partial charge in [-0.3, -0.25) is 9.36 Å². The lowest BCUT2D eigenvalue weighted by Gasteiger charge is -2.19. The van der Waals surface area contributed by atoms with Crippen LogP contribution in [0.5, 0.6) is 0 Å². The highest BCUT2D eigenvalue weighted by molar-refractivity contribution is 6.30. The predicted octanol–water partition coefficient (Wildman–Crippen LogP) is 4.69. The number of benzene rings is 1. The normalized spacial score (nSPS) is 16.1. The number of hydrogen-bond donors (Lipinski definition) is 0. The molecule has 136 valence electrons. The first-order chi connectivity index (χ1) is 12.7. The maximum atomic E-state index is 13.3. The van der Waals surface area contributed by atoms with Gasteiger partial charge in [-0.15, -0.1) is 0 Å². The van der Waals surface area contributed by atoms with Gasteiger partial charge in [-0.25, -0.2) is 9.97 Å². The van der Waals surface area contributed by atoms with E-state index in [2.05, 4.69) is 4.98 Å². The van der Waals surface area contributed by atoms with Crippen LogP contribution in [0, 0.1) is 0 Å². The fourth-order valence-electron chi connectivity index (χ4n) is 3.89. The highest BCUT2D eigenvalue weighted by Gasteiger charge is 2.24. The second kappa shape index (κ2) is 7.23. The molecule has 1 fully saturated rings. The van der Waals surface area contributed by atoms with Crippen LogP contribution in [0.4, 0.5) is 0 Å². The van der Waals surface area contributed by atoms with Crippen LogP contribution < -0.4 is 5.56 Å². The molecule has 0 atom stereocenters. The maximum Gasteiger partial charge on any atom is 0.286 e. The van der Waals surface area contributed by atoms with Gasteiger partial charge in [0, 0.05) is 17.5 Å². The average molecular weight is 371 g/mol. The van der Waals surface area contributed by atoms with E-state index in [9.17, 15) is 4.79 Å². The van der Waals surface area contributed by atoms with Gasteiger partial charge in [0.1, 0.15) is 5.82 Å². The molecule has 0 radical (unpaired) electrons. The van der Waals surface area contributed by atoms with Crippen LogP contribution in [-0.2, 0) is 6.54 Å². The van der Waals surface area contributed by atoms with Crippen molar-refractivity contribution >= 4 is 22.8 Å². The van der Waals surface area contributed by atoms with Crippen LogP contribution in [0.3, 0.4) is 0 Å². The SMILES string of the molecule is CCn1cnc2c(=O)n(-c3ccc(Cl)cc3)c(C3CCCCCC3)nc21. The molecular formula is C20H23ClN4O. The minimum Gasteiger partial charge on any atom is -0.315 e. The average Bonchev–Trinajstić information content (AvgIpc) is 2.88. The van der Waals surface area contributed by atoms with Crippen molar-refractivity contribution < 1.29 is 0 Å². The van der Waals surface area contributed by atoms with Gasteiger partial charge < -0.3 is 4.57 Å². The number of fused-ring (bicyclic) bond motifs is 1. The van der Waals surface area contributed by atoms with Crippen LogP contribution in [0.1, 0.15) is 57.2 Å². The highest BCUT2D eigenvalue weighted by Crippen LogP contribution is 2.32. The first-order valence-electron chi connectivity index (χ1n) is 9.42. The molecule has 1 saturated carbocycles. The van der Waals surface area contributed by atoms with Gasteiger partial charge in [0.25, 0.3) is 5.56 Å². The number of hydrogen-bond acceptors (Lipinski definition) is 3. The maximum absolute atomic E-state index is 13.3. The Bertz CT molecular complexity index is 966. The van der Waals surface area contributed by atoms with Crippen LogP contribution >= 0.6 is 11.6 Å². The van der Waals surface area contributed by atoms with Crippen LogP contribution in [0.25, 0.3) is 16.9 Å². The van der Waals surface area contributed by atoms with Crippen LogP contribution in [0.15, 0.2) is 35.4 Å². The lowest BCUT2D eigenvalue weighted by molar-refractivity contribution is 0.544. The van der Waals surface area contributed by atoms with Gasteiger partial charge in [0.2, 0.25) is 0 Å². The molecule has 0 amide bonds. The van der Waals surface area contributed by atoms with Crippen molar-refractivity contribution in [2.75, 3.05) is 0 Å². The Hall–Kier alpha value is -2.14. The Morgan fingerprint density at radius 2 is 1.81 bits per heavy atom. The van der Waals surface area contributed by atoms with Crippen molar-refractivity contribution in [1.29, 1.82) is 0 Å². The molecule has 1 aliphatic rings. The van der Waals surface area contributed by atoms with E-state index < -0.39 is 0 Å². The first-order valence-corrected chi connectivity index (χ1v) is 9.80. The summed E-state index contributed by atoms with van der Waals surface area (Å²) in [5.41, 5.74) is 1.84. The number of nitrogens with zero attached hydrogens (tertiary/aromatic N) is 4. The molecule has 3 aromatic rings. The molecule has 0 N–H and O–H groups in total. The minimum atomic E-state index is -0.0937. The quantitative estimate of drug-likeness (QED) is 0.628. The zero-order chi connectivity index (χ0) is 18.1. The van der Waals surface area contributed by atoms with Gasteiger partial charge in [0.05, 0.1) is 12.0 Å². The summed E-state index contributed by atoms with van der Waals surface area (Å²) in [6.07, 6.45) is 8.76. The molecule has 4 rings (SSSR count). The van der Waals surface area contributed by atoms with E-state index >= 15 is 0 Å². The molecule has 6 heteroatoms. The largest absolute Gasteiger partial charge is 0.315 e. The van der Waals surface area contributed by atoms with Gasteiger partial charge in [-0.05, 0) is 44.0 Å². The van der Waals surface area contributed by atoms with E-state index in [1.165, 1.54) is 25.7 Å². The summed E-state index contributed by atoms with van der Waals surface area (Å²) >= 11 is 6.05. The second-order valence-corrected chi connectivity index (χ2v) is 7.41. The third-order valence-electron chi connectivity index (χ3n) is 5.31. The van der Waals surface area contributed by atoms with Gasteiger partial charge in [0.15, 0.2) is 11.2 Å². The summed E-state index contributed by atoms with van der Waals surface area (Å²) in [7, 11) is 0. The van der Waals surface area contributed by atoms with Crippen molar-refractivity contribution in [3.63, 3.8) is 0 Å². The Balaban J connectivity index is 1.97. The van der Waals surface area contributed by atoms with Gasteiger partial charge in [-0.1, -0.05) is 37.3 Å². The van der Waals surface area contributed by atoms with Crippen molar-refractivity contribution in [2.24, 2.45) is 0 Å². The minimum absolute atomic E-state index is 0.0937. The summed E-state index contributed by atoms with van der Waals surface area (Å²) in [4.78, 5) is 22.6. The number of aromatic nitrogens is 4. The Morgan fingerprint density at radius 1 is 1.12 bits per heavy atom. The summed E-state index contributed by atoms with van der Waals surface area (Å²) in [6, 6.07) is 7.40. The Labute approximate surface area is 157 Å². The topological polar surface area (TPSA) is 52.7 Å². The Kier molecular flexibility index (Phi) is 4.81. The van der Waals surface area contributed by atoms with E-state index in [4.69, 9.17) is 16.6 Å². The van der Waals surface area contributed by atoms with Gasteiger partial charge >= 0.3 is 0 Å². The van der Waals surface area contributed by atoms with E-state index in [0.717, 1.165) is 30.9 Å². The molecule has 0 aliphatic heterocycles. The summed E-state index contributed by atoms with van der Waals surface area (Å²) in [6.45, 7) is 2.79. The lowest BCUT2D eigenvalue weighted by Crippen LogP contribution is -2.26. The zero-order valence-electron chi connectivity index (χ0n) is 15.0. The highest BCUT2D eigenvalue weighted by atomic mass is 35.5. The molecule has 2 aromatic heterocycles. The second-order valence-electron chi connectivity index (χ2n) is 6.98. The smallest absolute Gasteiger partial charge is 0.286 e. The standard InChI is InChI=1S/C20H23ClN4O/c1-2-24-13-22-17-19(24)23-18(14-7-5-3-4-6-8-14)25(20(17)26)16-11-9-15(21)10-12-16/h9-14H,2-8H2,1H3. The summed E-state index contributed by atoms with van der Waals surface area (Å²) < 4.78 is 3.70. The lowest BCUT2D eigenvalue weighted by atomic mass is 9.99. The molecule has 1 aromatic carbocycles. The number of rotatable bonds is 3. The van der Waals surface area contributed by atoms with E-state index in [1.807, 2.05) is 35.8 Å². The molecular weight excluding hydrogens is 348 g/mol. The Morgan fingerprint density at radius 3 is 2.46 bits per heavy atom. The fourth-order valence-corrected chi connectivity index (χ4v) is 4.02. The molecule has 2 heterocycles. The van der Waals surface area contributed by atoms with Crippen LogP contribution in [-0.4, -0.2) is 19.1 Å². The number of aryl methyl sites for hydroxylation is 1. The first kappa shape index (κ1) is 17.3. The molecule has 0 unspecified atom stereocenters. The fraction of sp³-hybridized carbons (Fsp3) is 0.450. The van der Waals surface area contributed by atoms with E-state index in [0.29, 0.717) is 22.1 Å². The van der Waals surface area contributed by atoms with E-state index in [-0.39, 0.29) is 5.56 Å². The third kappa shape index (κ3) is 3.05. The van der Waals surface area contributed by atoms with Crippen molar-refractivity contribution in [3.05, 3.63) is 51.8 Å². The molecule has 0 saturated heterocycles. The predicted molar refractivity (Wildman–Crippen MR) is 104 cm³/mol. The number of halogens is 1. The monoisotopic (exact) mass is 370 g/mol. The van der Waals surface area contributed by atoms with Crippen LogP contribution in [0.2, 0.25) is 5.02 Å². The summed E-state index contributed by atoms with van der Waals surface area (Å²) in [5, 5.41) is 0.655. The molecule has 26 heavy (non-hydrogen) atoms. The molecule has 5 nitrogen and oxygen atoms in total. The van der Waals surface area contributed by atoms with Crippen molar-refractivity contribution in [2.45, 2.75) is 57.9 Å².